The number of benzene rings is 1. The van der Waals surface area contributed by atoms with Crippen molar-refractivity contribution in [2.75, 3.05) is 20.3 Å². The lowest BCUT2D eigenvalue weighted by Crippen LogP contribution is -2.60. The van der Waals surface area contributed by atoms with Gasteiger partial charge in [0, 0.05) is 10.6 Å². The SMILES string of the molecule is COc1ccc(C2(C3(N)CC3)COC2)c(Cl)c1. The van der Waals surface area contributed by atoms with Crippen molar-refractivity contribution in [3.8, 4) is 5.75 Å². The number of methoxy groups -OCH3 is 1. The molecule has 1 saturated heterocycles. The molecule has 1 saturated carbocycles. The van der Waals surface area contributed by atoms with Crippen LogP contribution >= 0.6 is 11.6 Å². The molecule has 1 aliphatic heterocycles. The Balaban J connectivity index is 2.03. The molecule has 2 N–H and O–H groups in total. The Labute approximate surface area is 106 Å². The van der Waals surface area contributed by atoms with Crippen molar-refractivity contribution in [1.29, 1.82) is 0 Å². The molecule has 2 fully saturated rings. The van der Waals surface area contributed by atoms with E-state index in [1.807, 2.05) is 18.2 Å². The summed E-state index contributed by atoms with van der Waals surface area (Å²) in [6, 6.07) is 5.81. The fourth-order valence-electron chi connectivity index (χ4n) is 2.64. The number of nitrogens with two attached hydrogens (primary N) is 1. The molecule has 2 aliphatic rings. The van der Waals surface area contributed by atoms with Crippen LogP contribution in [0.1, 0.15) is 18.4 Å². The van der Waals surface area contributed by atoms with Crippen molar-refractivity contribution in [2.45, 2.75) is 23.8 Å². The minimum Gasteiger partial charge on any atom is -0.497 e. The molecule has 1 heterocycles. The minimum atomic E-state index is -0.122. The highest BCUT2D eigenvalue weighted by molar-refractivity contribution is 6.31. The first-order valence-electron chi connectivity index (χ1n) is 5.82. The van der Waals surface area contributed by atoms with Gasteiger partial charge in [0.25, 0.3) is 0 Å². The largest absolute Gasteiger partial charge is 0.497 e. The van der Waals surface area contributed by atoms with E-state index in [1.165, 1.54) is 0 Å². The predicted octanol–water partition coefficient (Wildman–Crippen LogP) is 2.11. The van der Waals surface area contributed by atoms with E-state index in [-0.39, 0.29) is 11.0 Å². The van der Waals surface area contributed by atoms with E-state index < -0.39 is 0 Å². The van der Waals surface area contributed by atoms with Crippen molar-refractivity contribution < 1.29 is 9.47 Å². The zero-order chi connectivity index (χ0) is 12.1. The molecule has 0 unspecified atom stereocenters. The van der Waals surface area contributed by atoms with Crippen LogP contribution in [-0.4, -0.2) is 25.9 Å². The lowest BCUT2D eigenvalue weighted by molar-refractivity contribution is -0.0785. The number of halogens is 1. The highest BCUT2D eigenvalue weighted by atomic mass is 35.5. The second-order valence-electron chi connectivity index (χ2n) is 5.08. The molecule has 0 aromatic heterocycles. The van der Waals surface area contributed by atoms with E-state index in [9.17, 15) is 0 Å². The van der Waals surface area contributed by atoms with Crippen LogP contribution in [0.4, 0.5) is 0 Å². The Kier molecular flexibility index (Phi) is 2.41. The lowest BCUT2D eigenvalue weighted by Gasteiger charge is -2.47. The summed E-state index contributed by atoms with van der Waals surface area (Å²) in [7, 11) is 1.64. The van der Waals surface area contributed by atoms with Gasteiger partial charge >= 0.3 is 0 Å². The summed E-state index contributed by atoms with van der Waals surface area (Å²) < 4.78 is 10.6. The quantitative estimate of drug-likeness (QED) is 0.897. The van der Waals surface area contributed by atoms with Gasteiger partial charge in [-0.2, -0.15) is 0 Å². The maximum Gasteiger partial charge on any atom is 0.120 e. The van der Waals surface area contributed by atoms with Gasteiger partial charge in [-0.15, -0.1) is 0 Å². The van der Waals surface area contributed by atoms with Gasteiger partial charge in [0.05, 0.1) is 25.7 Å². The number of hydrogen-bond acceptors (Lipinski definition) is 3. The Morgan fingerprint density at radius 1 is 1.35 bits per heavy atom. The van der Waals surface area contributed by atoms with Crippen molar-refractivity contribution in [3.63, 3.8) is 0 Å². The fraction of sp³-hybridized carbons (Fsp3) is 0.538. The monoisotopic (exact) mass is 253 g/mol. The molecule has 3 nitrogen and oxygen atoms in total. The lowest BCUT2D eigenvalue weighted by atomic mass is 9.70. The first-order valence-corrected chi connectivity index (χ1v) is 6.20. The van der Waals surface area contributed by atoms with Crippen LogP contribution in [-0.2, 0) is 10.2 Å². The molecule has 1 aromatic rings. The minimum absolute atomic E-state index is 0.0869. The van der Waals surface area contributed by atoms with Crippen molar-refractivity contribution >= 4 is 11.6 Å². The summed E-state index contributed by atoms with van der Waals surface area (Å²) in [6.45, 7) is 1.35. The first kappa shape index (κ1) is 11.3. The smallest absolute Gasteiger partial charge is 0.120 e. The topological polar surface area (TPSA) is 44.5 Å². The molecule has 0 amide bonds. The van der Waals surface area contributed by atoms with E-state index in [1.54, 1.807) is 7.11 Å². The molecule has 17 heavy (non-hydrogen) atoms. The number of rotatable bonds is 3. The van der Waals surface area contributed by atoms with Gasteiger partial charge in [-0.05, 0) is 30.5 Å². The van der Waals surface area contributed by atoms with E-state index in [4.69, 9.17) is 26.8 Å². The van der Waals surface area contributed by atoms with Crippen molar-refractivity contribution in [2.24, 2.45) is 5.73 Å². The fourth-order valence-corrected chi connectivity index (χ4v) is 2.99. The Bertz CT molecular complexity index is 453. The van der Waals surface area contributed by atoms with Crippen LogP contribution < -0.4 is 10.5 Å². The predicted molar refractivity (Wildman–Crippen MR) is 66.7 cm³/mol. The van der Waals surface area contributed by atoms with E-state index >= 15 is 0 Å². The zero-order valence-corrected chi connectivity index (χ0v) is 10.6. The molecule has 0 atom stereocenters. The van der Waals surface area contributed by atoms with E-state index in [2.05, 4.69) is 0 Å². The van der Waals surface area contributed by atoms with Crippen molar-refractivity contribution in [1.82, 2.24) is 0 Å². The first-order chi connectivity index (χ1) is 8.11. The second kappa shape index (κ2) is 3.61. The summed E-state index contributed by atoms with van der Waals surface area (Å²) in [5, 5.41) is 0.726. The van der Waals surface area contributed by atoms with Crippen LogP contribution in [0.2, 0.25) is 5.02 Å². The second-order valence-corrected chi connectivity index (χ2v) is 5.48. The molecule has 0 bridgehead atoms. The van der Waals surface area contributed by atoms with Crippen LogP contribution in [0.15, 0.2) is 18.2 Å². The molecular weight excluding hydrogens is 238 g/mol. The van der Waals surface area contributed by atoms with Gasteiger partial charge in [0.2, 0.25) is 0 Å². The van der Waals surface area contributed by atoms with Gasteiger partial charge < -0.3 is 15.2 Å². The molecule has 0 radical (unpaired) electrons. The number of ether oxygens (including phenoxy) is 2. The Hall–Kier alpha value is -0.770. The van der Waals surface area contributed by atoms with Crippen LogP contribution in [0.5, 0.6) is 5.75 Å². The third kappa shape index (κ3) is 1.49. The molecule has 3 rings (SSSR count). The standard InChI is InChI=1S/C13H16ClNO2/c1-16-9-2-3-10(11(14)6-9)12(7-17-8-12)13(15)4-5-13/h2-3,6H,4-5,7-8,15H2,1H3. The highest BCUT2D eigenvalue weighted by Gasteiger charge is 2.62. The Morgan fingerprint density at radius 3 is 2.47 bits per heavy atom. The highest BCUT2D eigenvalue weighted by Crippen LogP contribution is 2.54. The number of hydrogen-bond donors (Lipinski definition) is 1. The maximum absolute atomic E-state index is 6.39. The normalized spacial score (nSPS) is 23.9. The van der Waals surface area contributed by atoms with Crippen LogP contribution in [0.25, 0.3) is 0 Å². The molecule has 0 spiro atoms. The Morgan fingerprint density at radius 2 is 2.06 bits per heavy atom. The zero-order valence-electron chi connectivity index (χ0n) is 9.83. The molecular formula is C13H16ClNO2. The maximum atomic E-state index is 6.39. The third-order valence-electron chi connectivity index (χ3n) is 4.13. The van der Waals surface area contributed by atoms with Crippen LogP contribution in [0, 0.1) is 0 Å². The summed E-state index contributed by atoms with van der Waals surface area (Å²) in [5.41, 5.74) is 7.28. The summed E-state index contributed by atoms with van der Waals surface area (Å²) in [5.74, 6) is 0.774. The van der Waals surface area contributed by atoms with Gasteiger partial charge in [-0.3, -0.25) is 0 Å². The van der Waals surface area contributed by atoms with Gasteiger partial charge in [-0.1, -0.05) is 17.7 Å². The van der Waals surface area contributed by atoms with Gasteiger partial charge in [0.1, 0.15) is 5.75 Å². The van der Waals surface area contributed by atoms with E-state index in [0.29, 0.717) is 13.2 Å². The molecule has 1 aromatic carbocycles. The summed E-state index contributed by atoms with van der Waals surface area (Å²) in [6.07, 6.45) is 2.11. The van der Waals surface area contributed by atoms with Crippen LogP contribution in [0.3, 0.4) is 0 Å². The van der Waals surface area contributed by atoms with Crippen molar-refractivity contribution in [3.05, 3.63) is 28.8 Å². The summed E-state index contributed by atoms with van der Waals surface area (Å²) in [4.78, 5) is 0. The van der Waals surface area contributed by atoms with Gasteiger partial charge in [0.15, 0.2) is 0 Å². The summed E-state index contributed by atoms with van der Waals surface area (Å²) >= 11 is 6.35. The molecule has 1 aliphatic carbocycles. The third-order valence-corrected chi connectivity index (χ3v) is 4.44. The van der Waals surface area contributed by atoms with E-state index in [0.717, 1.165) is 29.2 Å². The average Bonchev–Trinajstić information content (AvgIpc) is 2.98. The molecule has 92 valence electrons. The molecule has 4 heteroatoms. The average molecular weight is 254 g/mol. The van der Waals surface area contributed by atoms with Gasteiger partial charge in [-0.25, -0.2) is 0 Å².